The zero-order valence-corrected chi connectivity index (χ0v) is 13.4. The van der Waals surface area contributed by atoms with Gasteiger partial charge in [-0.05, 0) is 42.8 Å². The summed E-state index contributed by atoms with van der Waals surface area (Å²) in [5.41, 5.74) is -0.511. The Morgan fingerprint density at radius 2 is 2.00 bits per heavy atom. The first-order valence-electron chi connectivity index (χ1n) is 6.11. The minimum Gasteiger partial charge on any atom is -0.480 e. The number of nitrogens with zero attached hydrogens (tertiary/aromatic N) is 1. The van der Waals surface area contributed by atoms with Gasteiger partial charge in [0.1, 0.15) is 11.7 Å². The molecule has 1 aromatic heterocycles. The van der Waals surface area contributed by atoms with E-state index in [2.05, 4.69) is 26.2 Å². The summed E-state index contributed by atoms with van der Waals surface area (Å²) in [6, 6.07) is -0.0272. The van der Waals surface area contributed by atoms with Crippen LogP contribution in [0.3, 0.4) is 0 Å². The molecule has 1 aromatic rings. The number of aromatic nitrogens is 1. The van der Waals surface area contributed by atoms with Crippen LogP contribution in [-0.4, -0.2) is 38.9 Å². The Morgan fingerprint density at radius 1 is 1.38 bits per heavy atom. The summed E-state index contributed by atoms with van der Waals surface area (Å²) in [7, 11) is 0. The first kappa shape index (κ1) is 17.4. The van der Waals surface area contributed by atoms with Crippen molar-refractivity contribution in [3.05, 3.63) is 28.5 Å². The fraction of sp³-hybridized carbons (Fsp3) is 0.462. The molecule has 2 atom stereocenters. The maximum absolute atomic E-state index is 11.6. The molecule has 21 heavy (non-hydrogen) atoms. The van der Waals surface area contributed by atoms with Gasteiger partial charge in [0.25, 0.3) is 0 Å². The second-order valence-corrected chi connectivity index (χ2v) is 6.26. The molecule has 7 nitrogen and oxygen atoms in total. The molecule has 0 aromatic carbocycles. The molecule has 0 spiro atoms. The minimum atomic E-state index is -1.55. The van der Waals surface area contributed by atoms with Crippen LogP contribution in [0.1, 0.15) is 32.4 Å². The number of carbonyl (C=O) groups excluding carboxylic acids is 1. The van der Waals surface area contributed by atoms with Crippen LogP contribution in [0.15, 0.2) is 22.9 Å². The van der Waals surface area contributed by atoms with E-state index in [1.54, 1.807) is 20.8 Å². The van der Waals surface area contributed by atoms with Crippen molar-refractivity contribution in [3.8, 4) is 0 Å². The van der Waals surface area contributed by atoms with Gasteiger partial charge in [-0.1, -0.05) is 0 Å². The number of aliphatic hydroxyl groups is 1. The molecule has 1 rings (SSSR count). The SMILES string of the molecule is CC(C)(C)OC(=O)N[C@H](C(=O)O)[C@@H](O)c1cncc(Br)c1. The molecule has 8 heteroatoms. The first-order valence-corrected chi connectivity index (χ1v) is 6.90. The Hall–Kier alpha value is -1.67. The molecular weight excluding hydrogens is 344 g/mol. The van der Waals surface area contributed by atoms with E-state index in [4.69, 9.17) is 9.84 Å². The Bertz CT molecular complexity index is 530. The fourth-order valence-electron chi connectivity index (χ4n) is 1.49. The van der Waals surface area contributed by atoms with Crippen molar-refractivity contribution in [2.75, 3.05) is 0 Å². The van der Waals surface area contributed by atoms with E-state index in [0.29, 0.717) is 4.47 Å². The standard InChI is InChI=1S/C13H17BrN2O5/c1-13(2,3)21-12(20)16-9(11(18)19)10(17)7-4-8(14)6-15-5-7/h4-6,9-10,17H,1-3H3,(H,16,20)(H,18,19)/t9-,10-/m0/s1. The molecule has 116 valence electrons. The number of nitrogens with one attached hydrogen (secondary N) is 1. The van der Waals surface area contributed by atoms with Gasteiger partial charge in [0, 0.05) is 22.4 Å². The fourth-order valence-corrected chi connectivity index (χ4v) is 1.88. The molecule has 0 saturated carbocycles. The van der Waals surface area contributed by atoms with Crippen molar-refractivity contribution in [1.29, 1.82) is 0 Å². The van der Waals surface area contributed by atoms with E-state index in [-0.39, 0.29) is 5.56 Å². The zero-order valence-electron chi connectivity index (χ0n) is 11.8. The number of ether oxygens (including phenoxy) is 1. The normalized spacial score (nSPS) is 14.1. The molecule has 0 aliphatic rings. The number of hydrogen-bond donors (Lipinski definition) is 3. The molecule has 0 unspecified atom stereocenters. The van der Waals surface area contributed by atoms with E-state index in [0.717, 1.165) is 0 Å². The lowest BCUT2D eigenvalue weighted by molar-refractivity contribution is -0.142. The van der Waals surface area contributed by atoms with Crippen LogP contribution in [0.5, 0.6) is 0 Å². The van der Waals surface area contributed by atoms with E-state index in [9.17, 15) is 14.7 Å². The van der Waals surface area contributed by atoms with Gasteiger partial charge in [-0.25, -0.2) is 9.59 Å². The summed E-state index contributed by atoms with van der Waals surface area (Å²) in [6.45, 7) is 4.95. The van der Waals surface area contributed by atoms with Gasteiger partial charge >= 0.3 is 12.1 Å². The van der Waals surface area contributed by atoms with Crippen LogP contribution < -0.4 is 5.32 Å². The van der Waals surface area contributed by atoms with E-state index >= 15 is 0 Å². The van der Waals surface area contributed by atoms with Crippen molar-refractivity contribution in [1.82, 2.24) is 10.3 Å². The lowest BCUT2D eigenvalue weighted by Gasteiger charge is -2.24. The molecule has 0 bridgehead atoms. The summed E-state index contributed by atoms with van der Waals surface area (Å²) in [4.78, 5) is 26.7. The second-order valence-electron chi connectivity index (χ2n) is 5.34. The summed E-state index contributed by atoms with van der Waals surface area (Å²) < 4.78 is 5.56. The van der Waals surface area contributed by atoms with Crippen LogP contribution in [-0.2, 0) is 9.53 Å². The smallest absolute Gasteiger partial charge is 0.408 e. The Labute approximate surface area is 130 Å². The van der Waals surface area contributed by atoms with Crippen LogP contribution in [0.4, 0.5) is 4.79 Å². The number of amides is 1. The summed E-state index contributed by atoms with van der Waals surface area (Å²) in [5, 5.41) is 21.4. The number of hydrogen-bond acceptors (Lipinski definition) is 5. The summed E-state index contributed by atoms with van der Waals surface area (Å²) in [6.07, 6.45) is 0.437. The van der Waals surface area contributed by atoms with Gasteiger partial charge in [-0.15, -0.1) is 0 Å². The maximum atomic E-state index is 11.6. The molecule has 3 N–H and O–H groups in total. The number of rotatable bonds is 4. The van der Waals surface area contributed by atoms with E-state index < -0.39 is 29.8 Å². The molecule has 0 saturated heterocycles. The van der Waals surface area contributed by atoms with Gasteiger partial charge in [0.2, 0.25) is 0 Å². The largest absolute Gasteiger partial charge is 0.480 e. The predicted octanol–water partition coefficient (Wildman–Crippen LogP) is 1.86. The molecule has 0 radical (unpaired) electrons. The van der Waals surface area contributed by atoms with Crippen LogP contribution in [0.25, 0.3) is 0 Å². The highest BCUT2D eigenvalue weighted by Crippen LogP contribution is 2.20. The average Bonchev–Trinajstić information content (AvgIpc) is 2.32. The quantitative estimate of drug-likeness (QED) is 0.755. The molecule has 0 aliphatic carbocycles. The first-order chi connectivity index (χ1) is 9.60. The lowest BCUT2D eigenvalue weighted by atomic mass is 10.0. The molecule has 1 heterocycles. The number of halogens is 1. The third-order valence-corrected chi connectivity index (χ3v) is 2.76. The van der Waals surface area contributed by atoms with Gasteiger partial charge in [-0.3, -0.25) is 4.98 Å². The molecule has 1 amide bonds. The van der Waals surface area contributed by atoms with Gasteiger partial charge in [0.05, 0.1) is 0 Å². The number of carbonyl (C=O) groups is 2. The molecule has 0 fully saturated rings. The van der Waals surface area contributed by atoms with Crippen molar-refractivity contribution >= 4 is 28.0 Å². The topological polar surface area (TPSA) is 109 Å². The molecular formula is C13H17BrN2O5. The number of alkyl carbamates (subject to hydrolysis) is 1. The molecule has 0 aliphatic heterocycles. The van der Waals surface area contributed by atoms with Crippen molar-refractivity contribution in [2.24, 2.45) is 0 Å². The van der Waals surface area contributed by atoms with Crippen molar-refractivity contribution in [2.45, 2.75) is 38.5 Å². The third-order valence-electron chi connectivity index (χ3n) is 2.32. The van der Waals surface area contributed by atoms with Crippen LogP contribution >= 0.6 is 15.9 Å². The highest BCUT2D eigenvalue weighted by Gasteiger charge is 2.31. The Balaban J connectivity index is 2.87. The number of carboxylic acids is 1. The predicted molar refractivity (Wildman–Crippen MR) is 77.7 cm³/mol. The zero-order chi connectivity index (χ0) is 16.2. The lowest BCUT2D eigenvalue weighted by Crippen LogP contribution is -2.46. The van der Waals surface area contributed by atoms with Crippen molar-refractivity contribution in [3.63, 3.8) is 0 Å². The van der Waals surface area contributed by atoms with Crippen LogP contribution in [0.2, 0.25) is 0 Å². The van der Waals surface area contributed by atoms with Crippen molar-refractivity contribution < 1.29 is 24.5 Å². The van der Waals surface area contributed by atoms with Gasteiger partial charge in [-0.2, -0.15) is 0 Å². The maximum Gasteiger partial charge on any atom is 0.408 e. The van der Waals surface area contributed by atoms with Gasteiger partial charge in [0.15, 0.2) is 6.04 Å². The third kappa shape index (κ3) is 5.68. The number of carboxylic acid groups (broad SMARTS) is 1. The van der Waals surface area contributed by atoms with Crippen LogP contribution in [0, 0.1) is 0 Å². The Morgan fingerprint density at radius 3 is 2.48 bits per heavy atom. The van der Waals surface area contributed by atoms with Gasteiger partial charge < -0.3 is 20.3 Å². The second kappa shape index (κ2) is 6.86. The number of aliphatic hydroxyl groups excluding tert-OH is 1. The summed E-state index contributed by atoms with van der Waals surface area (Å²) >= 11 is 3.17. The Kier molecular flexibility index (Phi) is 5.68. The number of pyridine rings is 1. The van der Waals surface area contributed by atoms with E-state index in [1.165, 1.54) is 18.5 Å². The monoisotopic (exact) mass is 360 g/mol. The average molecular weight is 361 g/mol. The number of aliphatic carboxylic acids is 1. The van der Waals surface area contributed by atoms with E-state index in [1.807, 2.05) is 0 Å². The highest BCUT2D eigenvalue weighted by molar-refractivity contribution is 9.10. The highest BCUT2D eigenvalue weighted by atomic mass is 79.9. The minimum absolute atomic E-state index is 0.257. The summed E-state index contributed by atoms with van der Waals surface area (Å²) in [5.74, 6) is -1.38.